The van der Waals surface area contributed by atoms with Crippen molar-refractivity contribution in [1.29, 1.82) is 0 Å². The fraction of sp³-hybridized carbons (Fsp3) is 0.522. The molecule has 1 aromatic rings. The maximum Gasteiger partial charge on any atom is 0.407 e. The van der Waals surface area contributed by atoms with Crippen molar-refractivity contribution >= 4 is 41.1 Å². The molecule has 3 amide bonds. The van der Waals surface area contributed by atoms with Crippen LogP contribution in [0, 0.1) is 11.8 Å². The van der Waals surface area contributed by atoms with E-state index in [1.807, 2.05) is 0 Å². The average molecular weight is 498 g/mol. The van der Waals surface area contributed by atoms with Crippen LogP contribution < -0.4 is 10.1 Å². The lowest BCUT2D eigenvalue weighted by molar-refractivity contribution is -0.136. The van der Waals surface area contributed by atoms with Gasteiger partial charge in [-0.25, -0.2) is 4.79 Å². The summed E-state index contributed by atoms with van der Waals surface area (Å²) in [5.41, 5.74) is 0.735. The first kappa shape index (κ1) is 25.2. The van der Waals surface area contributed by atoms with Gasteiger partial charge in [0.2, 0.25) is 11.8 Å². The lowest BCUT2D eigenvalue weighted by Crippen LogP contribution is -2.45. The maximum atomic E-state index is 12.9. The Morgan fingerprint density at radius 3 is 2.39 bits per heavy atom. The molecule has 2 heterocycles. The molecule has 2 fully saturated rings. The number of likely N-dealkylation sites (tertiary alicyclic amines) is 2. The third kappa shape index (κ3) is 6.12. The Kier molecular flexibility index (Phi) is 8.48. The Balaban J connectivity index is 1.74. The van der Waals surface area contributed by atoms with Crippen molar-refractivity contribution in [3.63, 3.8) is 0 Å². The predicted molar refractivity (Wildman–Crippen MR) is 126 cm³/mol. The van der Waals surface area contributed by atoms with Crippen molar-refractivity contribution in [1.82, 2.24) is 15.1 Å². The molecule has 8 nitrogen and oxygen atoms in total. The van der Waals surface area contributed by atoms with Gasteiger partial charge in [0.1, 0.15) is 12.4 Å². The van der Waals surface area contributed by atoms with Crippen LogP contribution >= 0.6 is 23.2 Å². The van der Waals surface area contributed by atoms with Crippen LogP contribution in [0.5, 0.6) is 5.75 Å². The first-order valence-electron chi connectivity index (χ1n) is 11.0. The van der Waals surface area contributed by atoms with Gasteiger partial charge in [0.05, 0.1) is 22.0 Å². The van der Waals surface area contributed by atoms with Crippen molar-refractivity contribution in [2.45, 2.75) is 32.2 Å². The van der Waals surface area contributed by atoms with E-state index in [-0.39, 0.29) is 42.8 Å². The Labute approximate surface area is 203 Å². The molecule has 0 radical (unpaired) electrons. The minimum atomic E-state index is -0.988. The molecule has 33 heavy (non-hydrogen) atoms. The van der Waals surface area contributed by atoms with Crippen LogP contribution in [0.25, 0.3) is 0 Å². The Morgan fingerprint density at radius 1 is 1.18 bits per heavy atom. The number of hydrogen-bond acceptors (Lipinski definition) is 4. The Hall–Kier alpha value is -2.45. The quantitative estimate of drug-likeness (QED) is 0.555. The molecular formula is C23H29Cl2N3O5. The highest BCUT2D eigenvalue weighted by atomic mass is 35.5. The highest BCUT2D eigenvalue weighted by Gasteiger charge is 2.37. The molecule has 10 heteroatoms. The summed E-state index contributed by atoms with van der Waals surface area (Å²) in [6, 6.07) is 3.01. The SMILES string of the molecule is C=CCOc1cc(Cl)c(Cl)cc1C(NC(C)=O)C1CCN(C(=O)[C@@H]2CCN(C(=O)O)C2)CC1. The van der Waals surface area contributed by atoms with Gasteiger partial charge in [-0.3, -0.25) is 9.59 Å². The number of carbonyl (C=O) groups excluding carboxylic acids is 2. The third-order valence-electron chi connectivity index (χ3n) is 6.23. The van der Waals surface area contributed by atoms with Crippen LogP contribution in [0.2, 0.25) is 10.0 Å². The molecule has 0 aliphatic carbocycles. The van der Waals surface area contributed by atoms with E-state index in [0.29, 0.717) is 54.7 Å². The van der Waals surface area contributed by atoms with Gasteiger partial charge >= 0.3 is 6.09 Å². The highest BCUT2D eigenvalue weighted by molar-refractivity contribution is 6.42. The number of nitrogens with one attached hydrogen (secondary N) is 1. The minimum Gasteiger partial charge on any atom is -0.489 e. The zero-order chi connectivity index (χ0) is 24.1. The van der Waals surface area contributed by atoms with Crippen LogP contribution in [-0.4, -0.2) is 65.6 Å². The summed E-state index contributed by atoms with van der Waals surface area (Å²) in [5, 5.41) is 12.9. The molecular weight excluding hydrogens is 469 g/mol. The van der Waals surface area contributed by atoms with Gasteiger partial charge in [-0.05, 0) is 31.2 Å². The second-order valence-corrected chi connectivity index (χ2v) is 9.27. The first-order chi connectivity index (χ1) is 15.7. The molecule has 0 aromatic heterocycles. The number of carboxylic acid groups (broad SMARTS) is 1. The van der Waals surface area contributed by atoms with E-state index in [1.165, 1.54) is 11.8 Å². The Bertz CT molecular complexity index is 918. The molecule has 2 aliphatic heterocycles. The summed E-state index contributed by atoms with van der Waals surface area (Å²) in [6.07, 6.45) is 2.53. The van der Waals surface area contributed by atoms with Crippen molar-refractivity contribution in [2.24, 2.45) is 11.8 Å². The first-order valence-corrected chi connectivity index (χ1v) is 11.7. The molecule has 180 valence electrons. The number of nitrogens with zero attached hydrogens (tertiary/aromatic N) is 2. The summed E-state index contributed by atoms with van der Waals surface area (Å²) in [7, 11) is 0. The predicted octanol–water partition coefficient (Wildman–Crippen LogP) is 3.97. The molecule has 0 bridgehead atoms. The summed E-state index contributed by atoms with van der Waals surface area (Å²) in [4.78, 5) is 39.2. The molecule has 2 N–H and O–H groups in total. The fourth-order valence-corrected chi connectivity index (χ4v) is 4.90. The topological polar surface area (TPSA) is 99.2 Å². The zero-order valence-corrected chi connectivity index (χ0v) is 20.1. The largest absolute Gasteiger partial charge is 0.489 e. The molecule has 1 aromatic carbocycles. The molecule has 0 spiro atoms. The normalized spacial score (nSPS) is 19.8. The van der Waals surface area contributed by atoms with E-state index in [4.69, 9.17) is 33.0 Å². The molecule has 2 saturated heterocycles. The van der Waals surface area contributed by atoms with Crippen molar-refractivity contribution in [2.75, 3.05) is 32.8 Å². The standard InChI is InChI=1S/C23H29Cl2N3O5/c1-3-10-33-20-12-19(25)18(24)11-17(20)21(26-14(2)29)15-4-7-27(8-5-15)22(30)16-6-9-28(13-16)23(31)32/h3,11-12,15-16,21H,1,4-10,13H2,2H3,(H,26,29)(H,31,32)/t16-,21?/m1/s1. The number of piperidine rings is 1. The second-order valence-electron chi connectivity index (χ2n) is 8.46. The average Bonchev–Trinajstić information content (AvgIpc) is 3.28. The van der Waals surface area contributed by atoms with Gasteiger partial charge in [-0.15, -0.1) is 0 Å². The number of amides is 3. The molecule has 0 saturated carbocycles. The lowest BCUT2D eigenvalue weighted by Gasteiger charge is -2.38. The van der Waals surface area contributed by atoms with E-state index in [9.17, 15) is 14.4 Å². The van der Waals surface area contributed by atoms with Crippen LogP contribution in [-0.2, 0) is 9.59 Å². The second kappa shape index (κ2) is 11.1. The number of carbonyl (C=O) groups is 3. The fourth-order valence-electron chi connectivity index (χ4n) is 4.58. The zero-order valence-electron chi connectivity index (χ0n) is 18.6. The van der Waals surface area contributed by atoms with Gasteiger partial charge in [0.25, 0.3) is 0 Å². The van der Waals surface area contributed by atoms with E-state index in [2.05, 4.69) is 11.9 Å². The van der Waals surface area contributed by atoms with Crippen molar-refractivity contribution < 1.29 is 24.2 Å². The van der Waals surface area contributed by atoms with Crippen LogP contribution in [0.1, 0.15) is 37.8 Å². The number of hydrogen-bond donors (Lipinski definition) is 2. The maximum absolute atomic E-state index is 12.9. The van der Waals surface area contributed by atoms with E-state index in [1.54, 1.807) is 23.1 Å². The van der Waals surface area contributed by atoms with Gasteiger partial charge < -0.3 is 25.0 Å². The highest BCUT2D eigenvalue weighted by Crippen LogP contribution is 2.40. The monoisotopic (exact) mass is 497 g/mol. The molecule has 3 rings (SSSR count). The summed E-state index contributed by atoms with van der Waals surface area (Å²) in [6.45, 7) is 7.11. The van der Waals surface area contributed by atoms with E-state index < -0.39 is 6.09 Å². The van der Waals surface area contributed by atoms with Gasteiger partial charge in [0.15, 0.2) is 0 Å². The number of rotatable bonds is 7. The van der Waals surface area contributed by atoms with Gasteiger partial charge in [-0.2, -0.15) is 0 Å². The van der Waals surface area contributed by atoms with Crippen LogP contribution in [0.4, 0.5) is 4.79 Å². The number of benzene rings is 1. The molecule has 1 unspecified atom stereocenters. The van der Waals surface area contributed by atoms with Crippen molar-refractivity contribution in [3.05, 3.63) is 40.4 Å². The minimum absolute atomic E-state index is 0.00202. The summed E-state index contributed by atoms with van der Waals surface area (Å²) >= 11 is 12.5. The van der Waals surface area contributed by atoms with Gasteiger partial charge in [0, 0.05) is 44.7 Å². The lowest BCUT2D eigenvalue weighted by atomic mass is 9.84. The van der Waals surface area contributed by atoms with E-state index >= 15 is 0 Å². The number of halogens is 2. The van der Waals surface area contributed by atoms with E-state index in [0.717, 1.165) is 5.56 Å². The smallest absolute Gasteiger partial charge is 0.407 e. The summed E-state index contributed by atoms with van der Waals surface area (Å²) in [5.74, 6) is 0.108. The van der Waals surface area contributed by atoms with Gasteiger partial charge in [-0.1, -0.05) is 35.9 Å². The third-order valence-corrected chi connectivity index (χ3v) is 6.96. The summed E-state index contributed by atoms with van der Waals surface area (Å²) < 4.78 is 5.80. The molecule has 2 aliphatic rings. The van der Waals surface area contributed by atoms with Crippen LogP contribution in [0.15, 0.2) is 24.8 Å². The Morgan fingerprint density at radius 2 is 1.82 bits per heavy atom. The van der Waals surface area contributed by atoms with Crippen LogP contribution in [0.3, 0.4) is 0 Å². The van der Waals surface area contributed by atoms with Crippen molar-refractivity contribution in [3.8, 4) is 5.75 Å². The number of ether oxygens (including phenoxy) is 1. The molecule has 2 atom stereocenters.